The van der Waals surface area contributed by atoms with Gasteiger partial charge in [0, 0.05) is 6.07 Å². The number of rotatable bonds is 4. The van der Waals surface area contributed by atoms with Crippen molar-refractivity contribution in [2.75, 3.05) is 13.2 Å². The van der Waals surface area contributed by atoms with Gasteiger partial charge >= 0.3 is 0 Å². The number of nitrogens with zero attached hydrogens (tertiary/aromatic N) is 1. The van der Waals surface area contributed by atoms with Crippen LogP contribution in [-0.2, 0) is 0 Å². The number of halogens is 1. The van der Waals surface area contributed by atoms with Crippen LogP contribution in [0.15, 0.2) is 18.3 Å². The van der Waals surface area contributed by atoms with Crippen LogP contribution < -0.4 is 10.5 Å². The molecular formula is C13H19FN2O. The standard InChI is InChI=1S/C13H19FN2O/c14-12-5-6-13(16-8-12)17-9-11-3-1-10(7-15)2-4-11/h5-6,8,10-11H,1-4,7,9,15H2. The second-order valence-electron chi connectivity index (χ2n) is 4.75. The van der Waals surface area contributed by atoms with Crippen LogP contribution >= 0.6 is 0 Å². The minimum atomic E-state index is -0.333. The van der Waals surface area contributed by atoms with E-state index in [2.05, 4.69) is 4.98 Å². The molecule has 1 fully saturated rings. The molecule has 0 amide bonds. The van der Waals surface area contributed by atoms with Crippen molar-refractivity contribution in [3.63, 3.8) is 0 Å². The SMILES string of the molecule is NCC1CCC(COc2ccc(F)cn2)CC1. The Morgan fingerprint density at radius 2 is 1.94 bits per heavy atom. The van der Waals surface area contributed by atoms with Crippen molar-refractivity contribution in [3.05, 3.63) is 24.1 Å². The summed E-state index contributed by atoms with van der Waals surface area (Å²) in [6.07, 6.45) is 5.91. The fourth-order valence-corrected chi connectivity index (χ4v) is 2.28. The van der Waals surface area contributed by atoms with Gasteiger partial charge in [0.25, 0.3) is 0 Å². The van der Waals surface area contributed by atoms with E-state index < -0.39 is 0 Å². The van der Waals surface area contributed by atoms with E-state index in [9.17, 15) is 4.39 Å². The summed E-state index contributed by atoms with van der Waals surface area (Å²) in [6, 6.07) is 2.94. The van der Waals surface area contributed by atoms with Crippen molar-refractivity contribution in [2.45, 2.75) is 25.7 Å². The summed E-state index contributed by atoms with van der Waals surface area (Å²) < 4.78 is 18.2. The molecule has 1 aliphatic rings. The van der Waals surface area contributed by atoms with Crippen LogP contribution in [0.5, 0.6) is 5.88 Å². The van der Waals surface area contributed by atoms with Gasteiger partial charge in [0.2, 0.25) is 5.88 Å². The minimum absolute atomic E-state index is 0.333. The lowest BCUT2D eigenvalue weighted by molar-refractivity contribution is 0.180. The summed E-state index contributed by atoms with van der Waals surface area (Å²) in [5.74, 6) is 1.45. The molecule has 0 aliphatic heterocycles. The summed E-state index contributed by atoms with van der Waals surface area (Å²) in [5.41, 5.74) is 5.65. The van der Waals surface area contributed by atoms with E-state index in [0.29, 0.717) is 24.3 Å². The smallest absolute Gasteiger partial charge is 0.213 e. The van der Waals surface area contributed by atoms with Crippen molar-refractivity contribution < 1.29 is 9.13 Å². The maximum absolute atomic E-state index is 12.6. The summed E-state index contributed by atoms with van der Waals surface area (Å²) in [7, 11) is 0. The molecule has 1 aliphatic carbocycles. The first kappa shape index (κ1) is 12.3. The molecule has 0 radical (unpaired) electrons. The molecular weight excluding hydrogens is 219 g/mol. The molecule has 1 saturated carbocycles. The predicted octanol–water partition coefficient (Wildman–Crippen LogP) is 2.36. The number of aromatic nitrogens is 1. The van der Waals surface area contributed by atoms with Gasteiger partial charge in [-0.15, -0.1) is 0 Å². The first-order valence-electron chi connectivity index (χ1n) is 6.22. The van der Waals surface area contributed by atoms with E-state index in [1.165, 1.54) is 37.9 Å². The molecule has 0 spiro atoms. The van der Waals surface area contributed by atoms with Crippen molar-refractivity contribution in [3.8, 4) is 5.88 Å². The molecule has 3 nitrogen and oxygen atoms in total. The largest absolute Gasteiger partial charge is 0.477 e. The lowest BCUT2D eigenvalue weighted by atomic mass is 9.82. The lowest BCUT2D eigenvalue weighted by Crippen LogP contribution is -2.24. The average molecular weight is 238 g/mol. The molecule has 94 valence electrons. The molecule has 0 atom stereocenters. The van der Waals surface area contributed by atoms with Gasteiger partial charge < -0.3 is 10.5 Å². The van der Waals surface area contributed by atoms with Gasteiger partial charge in [0.05, 0.1) is 12.8 Å². The van der Waals surface area contributed by atoms with E-state index in [-0.39, 0.29) is 5.82 Å². The maximum atomic E-state index is 12.6. The zero-order valence-electron chi connectivity index (χ0n) is 9.94. The second kappa shape index (κ2) is 5.96. The molecule has 17 heavy (non-hydrogen) atoms. The highest BCUT2D eigenvalue weighted by molar-refractivity contribution is 5.10. The molecule has 0 bridgehead atoms. The highest BCUT2D eigenvalue weighted by Crippen LogP contribution is 2.28. The van der Waals surface area contributed by atoms with Gasteiger partial charge in [-0.1, -0.05) is 0 Å². The van der Waals surface area contributed by atoms with Crippen LogP contribution in [0.4, 0.5) is 4.39 Å². The first-order chi connectivity index (χ1) is 8.28. The van der Waals surface area contributed by atoms with Crippen molar-refractivity contribution in [1.29, 1.82) is 0 Å². The third-order valence-electron chi connectivity index (χ3n) is 3.47. The van der Waals surface area contributed by atoms with Crippen LogP contribution in [0.3, 0.4) is 0 Å². The van der Waals surface area contributed by atoms with Crippen LogP contribution in [0, 0.1) is 17.7 Å². The fourth-order valence-electron chi connectivity index (χ4n) is 2.28. The Bertz CT molecular complexity index is 334. The quantitative estimate of drug-likeness (QED) is 0.876. The number of hydrogen-bond acceptors (Lipinski definition) is 3. The molecule has 1 heterocycles. The topological polar surface area (TPSA) is 48.1 Å². The minimum Gasteiger partial charge on any atom is -0.477 e. The fraction of sp³-hybridized carbons (Fsp3) is 0.615. The van der Waals surface area contributed by atoms with Crippen LogP contribution in [0.2, 0.25) is 0 Å². The Hall–Kier alpha value is -1.16. The van der Waals surface area contributed by atoms with Crippen LogP contribution in [0.25, 0.3) is 0 Å². The van der Waals surface area contributed by atoms with E-state index in [0.717, 1.165) is 6.54 Å². The van der Waals surface area contributed by atoms with E-state index in [1.807, 2.05) is 0 Å². The molecule has 2 N–H and O–H groups in total. The van der Waals surface area contributed by atoms with Gasteiger partial charge in [-0.2, -0.15) is 0 Å². The molecule has 0 saturated heterocycles. The third-order valence-corrected chi connectivity index (χ3v) is 3.47. The lowest BCUT2D eigenvalue weighted by Gasteiger charge is -2.27. The second-order valence-corrected chi connectivity index (χ2v) is 4.75. The van der Waals surface area contributed by atoms with E-state index in [1.54, 1.807) is 6.07 Å². The Labute approximate surface area is 101 Å². The number of pyridine rings is 1. The van der Waals surface area contributed by atoms with Crippen LogP contribution in [-0.4, -0.2) is 18.1 Å². The molecule has 1 aromatic heterocycles. The van der Waals surface area contributed by atoms with E-state index in [4.69, 9.17) is 10.5 Å². The number of hydrogen-bond donors (Lipinski definition) is 1. The molecule has 1 aromatic rings. The van der Waals surface area contributed by atoms with Gasteiger partial charge in [-0.05, 0) is 50.1 Å². The molecule has 4 heteroatoms. The van der Waals surface area contributed by atoms with E-state index >= 15 is 0 Å². The average Bonchev–Trinajstić information content (AvgIpc) is 2.39. The monoisotopic (exact) mass is 238 g/mol. The summed E-state index contributed by atoms with van der Waals surface area (Å²) in [6.45, 7) is 1.48. The Balaban J connectivity index is 1.74. The van der Waals surface area contributed by atoms with Gasteiger partial charge in [-0.3, -0.25) is 0 Å². The van der Waals surface area contributed by atoms with Crippen molar-refractivity contribution in [2.24, 2.45) is 17.6 Å². The number of nitrogens with two attached hydrogens (primary N) is 1. The van der Waals surface area contributed by atoms with Crippen LogP contribution in [0.1, 0.15) is 25.7 Å². The molecule has 0 unspecified atom stereocenters. The first-order valence-corrected chi connectivity index (χ1v) is 6.22. The highest BCUT2D eigenvalue weighted by atomic mass is 19.1. The highest BCUT2D eigenvalue weighted by Gasteiger charge is 2.20. The Kier molecular flexibility index (Phi) is 4.31. The summed E-state index contributed by atoms with van der Waals surface area (Å²) in [4.78, 5) is 3.88. The number of ether oxygens (including phenoxy) is 1. The summed E-state index contributed by atoms with van der Waals surface area (Å²) >= 11 is 0. The molecule has 0 aromatic carbocycles. The zero-order valence-corrected chi connectivity index (χ0v) is 9.94. The van der Waals surface area contributed by atoms with Crippen molar-refractivity contribution in [1.82, 2.24) is 4.98 Å². The Morgan fingerprint density at radius 3 is 2.53 bits per heavy atom. The van der Waals surface area contributed by atoms with Crippen molar-refractivity contribution >= 4 is 0 Å². The van der Waals surface area contributed by atoms with Gasteiger partial charge in [-0.25, -0.2) is 9.37 Å². The third kappa shape index (κ3) is 3.66. The predicted molar refractivity (Wildman–Crippen MR) is 64.2 cm³/mol. The van der Waals surface area contributed by atoms with Gasteiger partial charge in [0.15, 0.2) is 0 Å². The van der Waals surface area contributed by atoms with Gasteiger partial charge in [0.1, 0.15) is 5.82 Å². The normalized spacial score (nSPS) is 24.6. The summed E-state index contributed by atoms with van der Waals surface area (Å²) in [5, 5.41) is 0. The molecule has 2 rings (SSSR count). The zero-order chi connectivity index (χ0) is 12.1. The Morgan fingerprint density at radius 1 is 1.24 bits per heavy atom. The maximum Gasteiger partial charge on any atom is 0.213 e.